The van der Waals surface area contributed by atoms with Gasteiger partial charge in [-0.2, -0.15) is 0 Å². The van der Waals surface area contributed by atoms with Crippen molar-refractivity contribution in [1.29, 1.82) is 0 Å². The lowest BCUT2D eigenvalue weighted by molar-refractivity contribution is -0.232. The van der Waals surface area contributed by atoms with Crippen LogP contribution >= 0.6 is 0 Å². The number of ether oxygens (including phenoxy) is 1. The summed E-state index contributed by atoms with van der Waals surface area (Å²) < 4.78 is 32.3. The van der Waals surface area contributed by atoms with Gasteiger partial charge in [0.15, 0.2) is 5.79 Å². The summed E-state index contributed by atoms with van der Waals surface area (Å²) in [5.74, 6) is -2.10. The Kier molecular flexibility index (Phi) is 12.6. The first-order valence-electron chi connectivity index (χ1n) is 11.2. The second-order valence-corrected chi connectivity index (χ2v) is 8.32. The number of aryl methyl sites for hydroxylation is 1. The molecule has 0 aliphatic rings. The normalized spacial score (nSPS) is 13.8. The summed E-state index contributed by atoms with van der Waals surface area (Å²) in [5, 5.41) is 10.9. The molecule has 1 atom stereocenters. The van der Waals surface area contributed by atoms with E-state index in [1.165, 1.54) is 44.2 Å². The van der Waals surface area contributed by atoms with Gasteiger partial charge in [-0.15, -0.1) is 0 Å². The van der Waals surface area contributed by atoms with Gasteiger partial charge in [-0.3, -0.25) is 0 Å². The Labute approximate surface area is 170 Å². The summed E-state index contributed by atoms with van der Waals surface area (Å²) >= 11 is 0. The molecule has 162 valence electrons. The second-order valence-electron chi connectivity index (χ2n) is 8.32. The number of halogens is 2. The SMILES string of the molecule is CCCCCCCCCC(O)(CCCCCc1cc(F)cc(F)c1)OC(C)C. The predicted molar refractivity (Wildman–Crippen MR) is 112 cm³/mol. The van der Waals surface area contributed by atoms with Crippen molar-refractivity contribution in [2.75, 3.05) is 0 Å². The van der Waals surface area contributed by atoms with E-state index in [1.54, 1.807) is 0 Å². The van der Waals surface area contributed by atoms with Gasteiger partial charge in [0.2, 0.25) is 0 Å². The Balaban J connectivity index is 2.29. The van der Waals surface area contributed by atoms with Gasteiger partial charge < -0.3 is 9.84 Å². The van der Waals surface area contributed by atoms with Crippen LogP contribution in [0.2, 0.25) is 0 Å². The van der Waals surface area contributed by atoms with E-state index in [-0.39, 0.29) is 6.10 Å². The molecule has 1 aromatic rings. The lowest BCUT2D eigenvalue weighted by Gasteiger charge is -2.30. The smallest absolute Gasteiger partial charge is 0.165 e. The first-order chi connectivity index (χ1) is 13.3. The third-order valence-electron chi connectivity index (χ3n) is 5.08. The maximum absolute atomic E-state index is 13.2. The molecule has 0 saturated carbocycles. The van der Waals surface area contributed by atoms with Gasteiger partial charge >= 0.3 is 0 Å². The topological polar surface area (TPSA) is 29.5 Å². The fourth-order valence-corrected chi connectivity index (χ4v) is 3.70. The first-order valence-corrected chi connectivity index (χ1v) is 11.2. The quantitative estimate of drug-likeness (QED) is 0.233. The summed E-state index contributed by atoms with van der Waals surface area (Å²) in [6.07, 6.45) is 13.0. The fourth-order valence-electron chi connectivity index (χ4n) is 3.70. The minimum Gasteiger partial charge on any atom is -0.365 e. The number of hydrogen-bond donors (Lipinski definition) is 1. The van der Waals surface area contributed by atoms with Gasteiger partial charge in [-0.1, -0.05) is 51.9 Å². The van der Waals surface area contributed by atoms with Crippen molar-refractivity contribution in [3.8, 4) is 0 Å². The van der Waals surface area contributed by atoms with Crippen LogP contribution in [0.1, 0.15) is 103 Å². The summed E-state index contributed by atoms with van der Waals surface area (Å²) in [6, 6.07) is 3.68. The molecule has 0 bridgehead atoms. The van der Waals surface area contributed by atoms with E-state index >= 15 is 0 Å². The molecule has 4 heteroatoms. The molecular weight excluding hydrogens is 358 g/mol. The molecule has 1 unspecified atom stereocenters. The monoisotopic (exact) mass is 398 g/mol. The lowest BCUT2D eigenvalue weighted by Crippen LogP contribution is -2.35. The zero-order chi connectivity index (χ0) is 20.8. The number of benzene rings is 1. The number of aliphatic hydroxyl groups is 1. The number of hydrogen-bond acceptors (Lipinski definition) is 2. The van der Waals surface area contributed by atoms with Crippen LogP contribution in [0.5, 0.6) is 0 Å². The van der Waals surface area contributed by atoms with E-state index in [1.807, 2.05) is 13.8 Å². The molecule has 1 aromatic carbocycles. The molecule has 0 radical (unpaired) electrons. The van der Waals surface area contributed by atoms with Crippen LogP contribution in [0.4, 0.5) is 8.78 Å². The molecule has 0 spiro atoms. The van der Waals surface area contributed by atoms with Crippen molar-refractivity contribution in [1.82, 2.24) is 0 Å². The van der Waals surface area contributed by atoms with Crippen LogP contribution in [0.15, 0.2) is 18.2 Å². The zero-order valence-electron chi connectivity index (χ0n) is 18.1. The highest BCUT2D eigenvalue weighted by Gasteiger charge is 2.27. The van der Waals surface area contributed by atoms with Crippen molar-refractivity contribution >= 4 is 0 Å². The van der Waals surface area contributed by atoms with E-state index in [2.05, 4.69) is 6.92 Å². The van der Waals surface area contributed by atoms with E-state index in [9.17, 15) is 13.9 Å². The third-order valence-corrected chi connectivity index (χ3v) is 5.08. The Morgan fingerprint density at radius 3 is 1.86 bits per heavy atom. The molecule has 2 nitrogen and oxygen atoms in total. The van der Waals surface area contributed by atoms with Crippen molar-refractivity contribution in [2.24, 2.45) is 0 Å². The zero-order valence-corrected chi connectivity index (χ0v) is 18.1. The first kappa shape index (κ1) is 25.0. The van der Waals surface area contributed by atoms with Crippen LogP contribution in [0.3, 0.4) is 0 Å². The van der Waals surface area contributed by atoms with E-state index in [4.69, 9.17) is 4.74 Å². The molecular formula is C24H40F2O2. The molecule has 0 aliphatic heterocycles. The lowest BCUT2D eigenvalue weighted by atomic mass is 9.98. The fraction of sp³-hybridized carbons (Fsp3) is 0.750. The van der Waals surface area contributed by atoms with E-state index in [0.717, 1.165) is 38.2 Å². The minimum absolute atomic E-state index is 0.00942. The Bertz CT molecular complexity index is 513. The van der Waals surface area contributed by atoms with Gasteiger partial charge in [0.05, 0.1) is 6.10 Å². The Morgan fingerprint density at radius 2 is 1.32 bits per heavy atom. The molecule has 0 saturated heterocycles. The molecule has 0 amide bonds. The molecule has 0 aromatic heterocycles. The standard InChI is InChI=1S/C24H40F2O2/c1-4-5-6-7-8-9-12-15-24(27,28-20(2)3)16-13-10-11-14-21-17-22(25)19-23(26)18-21/h17-20,27H,4-16H2,1-3H3. The van der Waals surface area contributed by atoms with Gasteiger partial charge in [-0.25, -0.2) is 8.78 Å². The van der Waals surface area contributed by atoms with E-state index in [0.29, 0.717) is 24.8 Å². The largest absolute Gasteiger partial charge is 0.365 e. The van der Waals surface area contributed by atoms with Crippen LogP contribution in [0.25, 0.3) is 0 Å². The molecule has 1 rings (SSSR count). The summed E-state index contributed by atoms with van der Waals surface area (Å²) in [6.45, 7) is 6.13. The third kappa shape index (κ3) is 11.8. The summed E-state index contributed by atoms with van der Waals surface area (Å²) in [5.41, 5.74) is 0.689. The maximum atomic E-state index is 13.2. The molecule has 28 heavy (non-hydrogen) atoms. The van der Waals surface area contributed by atoms with Crippen molar-refractivity contribution < 1.29 is 18.6 Å². The molecule has 1 N–H and O–H groups in total. The molecule has 0 heterocycles. The van der Waals surface area contributed by atoms with Crippen LogP contribution < -0.4 is 0 Å². The van der Waals surface area contributed by atoms with Crippen LogP contribution in [-0.4, -0.2) is 17.0 Å². The van der Waals surface area contributed by atoms with Gasteiger partial charge in [0, 0.05) is 18.9 Å². The van der Waals surface area contributed by atoms with Crippen LogP contribution in [0, 0.1) is 11.6 Å². The van der Waals surface area contributed by atoms with Gasteiger partial charge in [0.1, 0.15) is 11.6 Å². The minimum atomic E-state index is -1.05. The Morgan fingerprint density at radius 1 is 0.821 bits per heavy atom. The number of unbranched alkanes of at least 4 members (excludes halogenated alkanes) is 8. The predicted octanol–water partition coefficient (Wildman–Crippen LogP) is 7.32. The van der Waals surface area contributed by atoms with Crippen molar-refractivity contribution in [3.05, 3.63) is 35.4 Å². The highest BCUT2D eigenvalue weighted by molar-refractivity contribution is 5.17. The maximum Gasteiger partial charge on any atom is 0.165 e. The summed E-state index contributed by atoms with van der Waals surface area (Å²) in [4.78, 5) is 0. The van der Waals surface area contributed by atoms with Gasteiger partial charge in [0.25, 0.3) is 0 Å². The van der Waals surface area contributed by atoms with Crippen molar-refractivity contribution in [3.63, 3.8) is 0 Å². The van der Waals surface area contributed by atoms with Crippen LogP contribution in [-0.2, 0) is 11.2 Å². The highest BCUT2D eigenvalue weighted by atomic mass is 19.1. The average molecular weight is 399 g/mol. The number of rotatable bonds is 16. The van der Waals surface area contributed by atoms with Gasteiger partial charge in [-0.05, 0) is 57.2 Å². The second kappa shape index (κ2) is 14.1. The van der Waals surface area contributed by atoms with E-state index < -0.39 is 17.4 Å². The molecule has 0 fully saturated rings. The molecule has 0 aliphatic carbocycles. The highest BCUT2D eigenvalue weighted by Crippen LogP contribution is 2.26. The Hall–Kier alpha value is -1.00. The average Bonchev–Trinajstić information content (AvgIpc) is 2.59. The summed E-state index contributed by atoms with van der Waals surface area (Å²) in [7, 11) is 0. The van der Waals surface area contributed by atoms with Crippen molar-refractivity contribution in [2.45, 2.75) is 116 Å².